The summed E-state index contributed by atoms with van der Waals surface area (Å²) in [4.78, 5) is 16.8. The van der Waals surface area contributed by atoms with Crippen LogP contribution in [0, 0.1) is 6.92 Å². The Kier molecular flexibility index (Phi) is 5.20. The fourth-order valence-electron chi connectivity index (χ4n) is 2.65. The fourth-order valence-corrected chi connectivity index (χ4v) is 2.65. The molecule has 1 atom stereocenters. The summed E-state index contributed by atoms with van der Waals surface area (Å²) in [6.07, 6.45) is 0. The lowest BCUT2D eigenvalue weighted by molar-refractivity contribution is 0.0588. The van der Waals surface area contributed by atoms with Gasteiger partial charge in [-0.2, -0.15) is 0 Å². The van der Waals surface area contributed by atoms with Crippen LogP contribution in [-0.4, -0.2) is 61.6 Å². The van der Waals surface area contributed by atoms with Crippen molar-refractivity contribution < 1.29 is 9.53 Å². The van der Waals surface area contributed by atoms with Crippen molar-refractivity contribution in [1.29, 1.82) is 0 Å². The molecule has 21 heavy (non-hydrogen) atoms. The lowest BCUT2D eigenvalue weighted by Crippen LogP contribution is -2.52. The van der Waals surface area contributed by atoms with Gasteiger partial charge in [0.1, 0.15) is 5.75 Å². The molecule has 1 aliphatic heterocycles. The Hall–Kier alpha value is -1.59. The molecule has 2 N–H and O–H groups in total. The van der Waals surface area contributed by atoms with Gasteiger partial charge in [0.05, 0.1) is 7.11 Å². The van der Waals surface area contributed by atoms with E-state index in [0.717, 1.165) is 37.5 Å². The number of amides is 1. The van der Waals surface area contributed by atoms with Gasteiger partial charge in [0.25, 0.3) is 5.91 Å². The van der Waals surface area contributed by atoms with Crippen molar-refractivity contribution >= 4 is 5.91 Å². The standard InChI is InChI=1S/C16H25N3O2/c1-12-4-5-14(10-15(12)21-3)16(20)19-8-6-18(7-9-19)13(2)11-17/h4-5,10,13H,6-9,11,17H2,1-3H3. The van der Waals surface area contributed by atoms with Gasteiger partial charge in [0.15, 0.2) is 0 Å². The van der Waals surface area contributed by atoms with Crippen LogP contribution < -0.4 is 10.5 Å². The van der Waals surface area contributed by atoms with E-state index in [-0.39, 0.29) is 5.91 Å². The molecule has 0 bridgehead atoms. The molecular weight excluding hydrogens is 266 g/mol. The zero-order chi connectivity index (χ0) is 15.4. The summed E-state index contributed by atoms with van der Waals surface area (Å²) in [5, 5.41) is 0. The molecule has 1 aromatic carbocycles. The van der Waals surface area contributed by atoms with Crippen molar-refractivity contribution in [1.82, 2.24) is 9.80 Å². The molecule has 1 saturated heterocycles. The fraction of sp³-hybridized carbons (Fsp3) is 0.562. The van der Waals surface area contributed by atoms with Crippen molar-refractivity contribution in [3.8, 4) is 5.75 Å². The smallest absolute Gasteiger partial charge is 0.254 e. The molecule has 1 heterocycles. The molecule has 5 heteroatoms. The summed E-state index contributed by atoms with van der Waals surface area (Å²) in [6, 6.07) is 6.00. The second kappa shape index (κ2) is 6.91. The van der Waals surface area contributed by atoms with Crippen molar-refractivity contribution in [3.63, 3.8) is 0 Å². The minimum Gasteiger partial charge on any atom is -0.496 e. The van der Waals surface area contributed by atoms with Gasteiger partial charge >= 0.3 is 0 Å². The second-order valence-electron chi connectivity index (χ2n) is 5.60. The lowest BCUT2D eigenvalue weighted by Gasteiger charge is -2.37. The number of carbonyl (C=O) groups excluding carboxylic acids is 1. The zero-order valence-electron chi connectivity index (χ0n) is 13.1. The molecule has 0 aromatic heterocycles. The normalized spacial score (nSPS) is 17.6. The topological polar surface area (TPSA) is 58.8 Å². The van der Waals surface area contributed by atoms with Crippen LogP contribution in [0.4, 0.5) is 0 Å². The van der Waals surface area contributed by atoms with Crippen molar-refractivity contribution in [3.05, 3.63) is 29.3 Å². The average molecular weight is 291 g/mol. The molecule has 0 saturated carbocycles. The largest absolute Gasteiger partial charge is 0.496 e. The number of methoxy groups -OCH3 is 1. The van der Waals surface area contributed by atoms with Crippen LogP contribution in [-0.2, 0) is 0 Å². The van der Waals surface area contributed by atoms with Crippen LogP contribution in [0.3, 0.4) is 0 Å². The molecule has 0 aliphatic carbocycles. The molecule has 1 fully saturated rings. The molecule has 5 nitrogen and oxygen atoms in total. The predicted molar refractivity (Wildman–Crippen MR) is 83.7 cm³/mol. The number of piperazine rings is 1. The number of aryl methyl sites for hydroxylation is 1. The third-order valence-corrected chi connectivity index (χ3v) is 4.22. The van der Waals surface area contributed by atoms with Crippen LogP contribution in [0.25, 0.3) is 0 Å². The van der Waals surface area contributed by atoms with Gasteiger partial charge in [-0.25, -0.2) is 0 Å². The first kappa shape index (κ1) is 15.8. The molecule has 116 valence electrons. The lowest BCUT2D eigenvalue weighted by atomic mass is 10.1. The van der Waals surface area contributed by atoms with Crippen LogP contribution in [0.5, 0.6) is 5.75 Å². The number of benzene rings is 1. The Bertz CT molecular complexity index is 496. The monoisotopic (exact) mass is 291 g/mol. The second-order valence-corrected chi connectivity index (χ2v) is 5.60. The third-order valence-electron chi connectivity index (χ3n) is 4.22. The summed E-state index contributed by atoms with van der Waals surface area (Å²) in [5.74, 6) is 0.838. The molecule has 0 radical (unpaired) electrons. The van der Waals surface area contributed by atoms with E-state index in [0.29, 0.717) is 18.2 Å². The summed E-state index contributed by atoms with van der Waals surface area (Å²) >= 11 is 0. The number of nitrogens with zero attached hydrogens (tertiary/aromatic N) is 2. The van der Waals surface area contributed by atoms with Gasteiger partial charge in [0.2, 0.25) is 0 Å². The minimum atomic E-state index is 0.0772. The number of ether oxygens (including phenoxy) is 1. The first-order valence-corrected chi connectivity index (χ1v) is 7.45. The highest BCUT2D eigenvalue weighted by Crippen LogP contribution is 2.20. The van der Waals surface area contributed by atoms with Crippen LogP contribution in [0.2, 0.25) is 0 Å². The number of rotatable bonds is 4. The Morgan fingerprint density at radius 1 is 1.33 bits per heavy atom. The van der Waals surface area contributed by atoms with Crippen molar-refractivity contribution in [2.75, 3.05) is 39.8 Å². The summed E-state index contributed by atoms with van der Waals surface area (Å²) in [5.41, 5.74) is 7.43. The van der Waals surface area contributed by atoms with E-state index in [1.165, 1.54) is 0 Å². The Morgan fingerprint density at radius 3 is 2.57 bits per heavy atom. The maximum absolute atomic E-state index is 12.6. The van der Waals surface area contributed by atoms with Gasteiger partial charge < -0.3 is 15.4 Å². The van der Waals surface area contributed by atoms with E-state index in [9.17, 15) is 4.79 Å². The highest BCUT2D eigenvalue weighted by atomic mass is 16.5. The molecule has 2 rings (SSSR count). The molecular formula is C16H25N3O2. The van der Waals surface area contributed by atoms with E-state index in [1.54, 1.807) is 7.11 Å². The number of hydrogen-bond donors (Lipinski definition) is 1. The Labute approximate surface area is 126 Å². The van der Waals surface area contributed by atoms with Gasteiger partial charge in [-0.15, -0.1) is 0 Å². The first-order valence-electron chi connectivity index (χ1n) is 7.45. The number of nitrogens with two attached hydrogens (primary N) is 1. The quantitative estimate of drug-likeness (QED) is 0.903. The minimum absolute atomic E-state index is 0.0772. The third kappa shape index (κ3) is 3.54. The average Bonchev–Trinajstić information content (AvgIpc) is 2.54. The first-order chi connectivity index (χ1) is 10.1. The van der Waals surface area contributed by atoms with E-state index < -0.39 is 0 Å². The Morgan fingerprint density at radius 2 is 2.00 bits per heavy atom. The summed E-state index contributed by atoms with van der Waals surface area (Å²) < 4.78 is 5.29. The Balaban J connectivity index is 2.02. The van der Waals surface area contributed by atoms with Gasteiger partial charge in [-0.1, -0.05) is 6.07 Å². The van der Waals surface area contributed by atoms with E-state index in [4.69, 9.17) is 10.5 Å². The molecule has 1 unspecified atom stereocenters. The van der Waals surface area contributed by atoms with Gasteiger partial charge in [-0.3, -0.25) is 9.69 Å². The van der Waals surface area contributed by atoms with Crippen LogP contribution >= 0.6 is 0 Å². The van der Waals surface area contributed by atoms with Crippen molar-refractivity contribution in [2.45, 2.75) is 19.9 Å². The number of carbonyl (C=O) groups is 1. The molecule has 0 spiro atoms. The summed E-state index contributed by atoms with van der Waals surface area (Å²) in [7, 11) is 1.63. The number of hydrogen-bond acceptors (Lipinski definition) is 4. The van der Waals surface area contributed by atoms with Crippen molar-refractivity contribution in [2.24, 2.45) is 5.73 Å². The predicted octanol–water partition coefficient (Wildman–Crippen LogP) is 1.11. The van der Waals surface area contributed by atoms with E-state index >= 15 is 0 Å². The zero-order valence-corrected chi connectivity index (χ0v) is 13.1. The maximum atomic E-state index is 12.6. The highest BCUT2D eigenvalue weighted by molar-refractivity contribution is 5.94. The van der Waals surface area contributed by atoms with Gasteiger partial charge in [0, 0.05) is 44.3 Å². The van der Waals surface area contributed by atoms with E-state index in [1.807, 2.05) is 30.0 Å². The van der Waals surface area contributed by atoms with Gasteiger partial charge in [-0.05, 0) is 31.5 Å². The maximum Gasteiger partial charge on any atom is 0.254 e. The SMILES string of the molecule is COc1cc(C(=O)N2CCN(C(C)CN)CC2)ccc1C. The van der Waals surface area contributed by atoms with E-state index in [2.05, 4.69) is 11.8 Å². The summed E-state index contributed by atoms with van der Waals surface area (Å²) in [6.45, 7) is 8.02. The molecule has 1 aromatic rings. The highest BCUT2D eigenvalue weighted by Gasteiger charge is 2.24. The molecule has 1 aliphatic rings. The van der Waals surface area contributed by atoms with Crippen LogP contribution in [0.1, 0.15) is 22.8 Å². The molecule has 1 amide bonds. The van der Waals surface area contributed by atoms with Crippen LogP contribution in [0.15, 0.2) is 18.2 Å².